The van der Waals surface area contributed by atoms with Crippen LogP contribution in [-0.4, -0.2) is 9.78 Å². The summed E-state index contributed by atoms with van der Waals surface area (Å²) in [5.41, 5.74) is 1.03. The zero-order valence-electron chi connectivity index (χ0n) is 7.65. The number of halogens is 2. The molecule has 0 N–H and O–H groups in total. The summed E-state index contributed by atoms with van der Waals surface area (Å²) in [4.78, 5) is 0. The average molecular weight is 299 g/mol. The molecule has 0 saturated carbocycles. The minimum Gasteiger partial charge on any atom is -0.247 e. The van der Waals surface area contributed by atoms with E-state index in [1.165, 1.54) is 0 Å². The molecule has 1 rings (SSSR count). The molecular weight excluding hydrogens is 286 g/mol. The minimum absolute atomic E-state index is 0.0364. The Morgan fingerprint density at radius 3 is 2.08 bits per heavy atom. The Bertz CT molecular complexity index is 299. The molecule has 12 heavy (non-hydrogen) atoms. The van der Waals surface area contributed by atoms with Gasteiger partial charge in [-0.25, -0.2) is 4.68 Å². The van der Waals surface area contributed by atoms with Crippen molar-refractivity contribution in [3.63, 3.8) is 0 Å². The van der Waals surface area contributed by atoms with Crippen LogP contribution in [0, 0.1) is 10.6 Å². The summed E-state index contributed by atoms with van der Waals surface area (Å²) in [6.45, 7) is 8.24. The first-order valence-electron chi connectivity index (χ1n) is 3.75. The Morgan fingerprint density at radius 1 is 1.42 bits per heavy atom. The van der Waals surface area contributed by atoms with Gasteiger partial charge >= 0.3 is 0 Å². The van der Waals surface area contributed by atoms with Crippen molar-refractivity contribution in [2.75, 3.05) is 0 Å². The lowest BCUT2D eigenvalue weighted by Crippen LogP contribution is -2.23. The first-order valence-corrected chi connectivity index (χ1v) is 5.21. The Balaban J connectivity index is 3.28. The van der Waals surface area contributed by atoms with E-state index in [4.69, 9.17) is 11.6 Å². The summed E-state index contributed by atoms with van der Waals surface area (Å²) < 4.78 is 2.83. The van der Waals surface area contributed by atoms with E-state index in [1.54, 1.807) is 0 Å². The fraction of sp³-hybridized carbons (Fsp3) is 0.625. The maximum absolute atomic E-state index is 6.09. The molecule has 0 amide bonds. The van der Waals surface area contributed by atoms with Gasteiger partial charge in [-0.15, -0.1) is 0 Å². The molecule has 2 nitrogen and oxygen atoms in total. The summed E-state index contributed by atoms with van der Waals surface area (Å²) in [5, 5.41) is 5.09. The molecule has 1 heterocycles. The maximum atomic E-state index is 6.09. The van der Waals surface area contributed by atoms with Crippen molar-refractivity contribution in [3.05, 3.63) is 14.4 Å². The van der Waals surface area contributed by atoms with E-state index in [2.05, 4.69) is 48.5 Å². The Morgan fingerprint density at radius 2 is 1.92 bits per heavy atom. The molecule has 0 bridgehead atoms. The summed E-state index contributed by atoms with van der Waals surface area (Å²) in [6.07, 6.45) is 0. The van der Waals surface area contributed by atoms with Gasteiger partial charge in [-0.2, -0.15) is 5.10 Å². The van der Waals surface area contributed by atoms with Gasteiger partial charge in [-0.05, 0) is 50.3 Å². The molecule has 0 unspecified atom stereocenters. The third-order valence-electron chi connectivity index (χ3n) is 1.63. The minimum atomic E-state index is -0.0364. The highest BCUT2D eigenvalue weighted by Crippen LogP contribution is 2.26. The predicted octanol–water partition coefficient (Wildman–Crippen LogP) is 3.20. The van der Waals surface area contributed by atoms with Gasteiger partial charge in [-0.1, -0.05) is 11.6 Å². The molecule has 0 aliphatic heterocycles. The summed E-state index contributed by atoms with van der Waals surface area (Å²) in [6, 6.07) is 0. The van der Waals surface area contributed by atoms with Crippen LogP contribution >= 0.6 is 34.2 Å². The van der Waals surface area contributed by atoms with Crippen LogP contribution in [-0.2, 0) is 5.54 Å². The van der Waals surface area contributed by atoms with Crippen molar-refractivity contribution in [1.29, 1.82) is 0 Å². The lowest BCUT2D eigenvalue weighted by atomic mass is 10.1. The zero-order valence-corrected chi connectivity index (χ0v) is 10.6. The molecule has 0 aliphatic carbocycles. The quantitative estimate of drug-likeness (QED) is 0.673. The molecule has 1 aromatic heterocycles. The van der Waals surface area contributed by atoms with Crippen LogP contribution in [0.1, 0.15) is 26.3 Å². The van der Waals surface area contributed by atoms with Crippen molar-refractivity contribution < 1.29 is 0 Å². The van der Waals surface area contributed by atoms with Crippen LogP contribution in [0.2, 0.25) is 5.15 Å². The molecule has 68 valence electrons. The molecule has 0 atom stereocenters. The zero-order chi connectivity index (χ0) is 9.52. The van der Waals surface area contributed by atoms with Crippen LogP contribution in [0.4, 0.5) is 0 Å². The van der Waals surface area contributed by atoms with Crippen molar-refractivity contribution in [2.24, 2.45) is 0 Å². The van der Waals surface area contributed by atoms with Gasteiger partial charge in [-0.3, -0.25) is 0 Å². The van der Waals surface area contributed by atoms with Gasteiger partial charge in [0.15, 0.2) is 0 Å². The molecule has 0 saturated heterocycles. The summed E-state index contributed by atoms with van der Waals surface area (Å²) in [5.74, 6) is 0. The van der Waals surface area contributed by atoms with Crippen molar-refractivity contribution in [2.45, 2.75) is 33.2 Å². The predicted molar refractivity (Wildman–Crippen MR) is 59.7 cm³/mol. The van der Waals surface area contributed by atoms with E-state index in [9.17, 15) is 0 Å². The van der Waals surface area contributed by atoms with Crippen LogP contribution in [0.15, 0.2) is 0 Å². The second-order valence-corrected chi connectivity index (χ2v) is 5.17. The van der Waals surface area contributed by atoms with E-state index in [0.29, 0.717) is 0 Å². The van der Waals surface area contributed by atoms with Crippen molar-refractivity contribution >= 4 is 34.2 Å². The number of aromatic nitrogens is 2. The highest BCUT2D eigenvalue weighted by Gasteiger charge is 2.20. The second kappa shape index (κ2) is 3.18. The highest BCUT2D eigenvalue weighted by atomic mass is 127. The average Bonchev–Trinajstić information content (AvgIpc) is 2.15. The smallest absolute Gasteiger partial charge is 0.131 e. The largest absolute Gasteiger partial charge is 0.247 e. The second-order valence-electron chi connectivity index (χ2n) is 3.79. The Hall–Kier alpha value is 0.230. The Kier molecular flexibility index (Phi) is 2.73. The molecule has 0 radical (unpaired) electrons. The van der Waals surface area contributed by atoms with Crippen LogP contribution in [0.5, 0.6) is 0 Å². The number of hydrogen-bond donors (Lipinski definition) is 0. The SMILES string of the molecule is Cc1c(I)nn(C(C)(C)C)c1Cl. The lowest BCUT2D eigenvalue weighted by molar-refractivity contribution is 0.354. The molecular formula is C8H12ClIN2. The molecule has 4 heteroatoms. The monoisotopic (exact) mass is 298 g/mol. The van der Waals surface area contributed by atoms with E-state index < -0.39 is 0 Å². The fourth-order valence-electron chi connectivity index (χ4n) is 0.895. The Labute approximate surface area is 91.4 Å². The molecule has 1 aromatic rings. The number of hydrogen-bond acceptors (Lipinski definition) is 1. The van der Waals surface area contributed by atoms with E-state index in [-0.39, 0.29) is 5.54 Å². The van der Waals surface area contributed by atoms with Crippen LogP contribution < -0.4 is 0 Å². The van der Waals surface area contributed by atoms with Gasteiger partial charge in [0.05, 0.1) is 5.54 Å². The van der Waals surface area contributed by atoms with Gasteiger partial charge in [0.25, 0.3) is 0 Å². The molecule has 0 spiro atoms. The number of nitrogens with zero attached hydrogens (tertiary/aromatic N) is 2. The van der Waals surface area contributed by atoms with E-state index in [1.807, 2.05) is 11.6 Å². The third-order valence-corrected chi connectivity index (χ3v) is 3.10. The van der Waals surface area contributed by atoms with Crippen molar-refractivity contribution in [3.8, 4) is 0 Å². The third kappa shape index (κ3) is 1.76. The van der Waals surface area contributed by atoms with Gasteiger partial charge in [0, 0.05) is 5.56 Å². The topological polar surface area (TPSA) is 17.8 Å². The lowest BCUT2D eigenvalue weighted by Gasteiger charge is -2.20. The first-order chi connectivity index (χ1) is 5.34. The van der Waals surface area contributed by atoms with Crippen LogP contribution in [0.3, 0.4) is 0 Å². The van der Waals surface area contributed by atoms with Gasteiger partial charge in [0.2, 0.25) is 0 Å². The van der Waals surface area contributed by atoms with Gasteiger partial charge < -0.3 is 0 Å². The van der Waals surface area contributed by atoms with E-state index in [0.717, 1.165) is 14.4 Å². The maximum Gasteiger partial charge on any atom is 0.131 e. The molecule has 0 aliphatic rings. The number of rotatable bonds is 0. The van der Waals surface area contributed by atoms with Crippen molar-refractivity contribution in [1.82, 2.24) is 9.78 Å². The normalized spacial score (nSPS) is 12.2. The highest BCUT2D eigenvalue weighted by molar-refractivity contribution is 14.1. The van der Waals surface area contributed by atoms with Crippen LogP contribution in [0.25, 0.3) is 0 Å². The summed E-state index contributed by atoms with van der Waals surface area (Å²) >= 11 is 8.29. The molecule has 0 fully saturated rings. The van der Waals surface area contributed by atoms with E-state index >= 15 is 0 Å². The standard InChI is InChI=1S/C8H12ClIN2/c1-5-6(9)12(8(2,3)4)11-7(5)10/h1-4H3. The first kappa shape index (κ1) is 10.3. The summed E-state index contributed by atoms with van der Waals surface area (Å²) in [7, 11) is 0. The molecule has 0 aromatic carbocycles. The van der Waals surface area contributed by atoms with Gasteiger partial charge in [0.1, 0.15) is 8.85 Å². The fourth-order valence-corrected chi connectivity index (χ4v) is 1.91.